The molecule has 1 aromatic heterocycles. The van der Waals surface area contributed by atoms with E-state index in [0.29, 0.717) is 6.04 Å². The van der Waals surface area contributed by atoms with Gasteiger partial charge in [-0.05, 0) is 45.6 Å². The molecule has 1 saturated carbocycles. The molecule has 102 valence electrons. The van der Waals surface area contributed by atoms with Crippen molar-refractivity contribution in [3.63, 3.8) is 0 Å². The molecule has 1 aliphatic rings. The van der Waals surface area contributed by atoms with Crippen LogP contribution in [0.3, 0.4) is 0 Å². The second-order valence-electron chi connectivity index (χ2n) is 5.69. The summed E-state index contributed by atoms with van der Waals surface area (Å²) in [6, 6.07) is 0.369. The van der Waals surface area contributed by atoms with Crippen LogP contribution in [0.25, 0.3) is 0 Å². The molecule has 2 rings (SSSR count). The van der Waals surface area contributed by atoms with Crippen LogP contribution in [-0.2, 0) is 6.54 Å². The van der Waals surface area contributed by atoms with Crippen LogP contribution in [0.15, 0.2) is 6.20 Å². The van der Waals surface area contributed by atoms with Gasteiger partial charge in [0.1, 0.15) is 5.82 Å². The van der Waals surface area contributed by atoms with Gasteiger partial charge in [0.25, 0.3) is 0 Å². The minimum Gasteiger partial charge on any atom is -0.335 e. The molecule has 0 amide bonds. The predicted octanol–water partition coefficient (Wildman–Crippen LogP) is 3.44. The Morgan fingerprint density at radius 1 is 1.44 bits per heavy atom. The molecule has 1 heterocycles. The van der Waals surface area contributed by atoms with Crippen molar-refractivity contribution in [2.24, 2.45) is 5.92 Å². The Bertz CT molecular complexity index is 364. The Balaban J connectivity index is 1.97. The van der Waals surface area contributed by atoms with E-state index in [1.165, 1.54) is 50.2 Å². The molecule has 0 spiro atoms. The van der Waals surface area contributed by atoms with E-state index in [1.54, 1.807) is 0 Å². The van der Waals surface area contributed by atoms with E-state index in [9.17, 15) is 0 Å². The maximum Gasteiger partial charge on any atom is 0.105 e. The van der Waals surface area contributed by atoms with Gasteiger partial charge in [-0.15, -0.1) is 0 Å². The summed E-state index contributed by atoms with van der Waals surface area (Å²) in [5, 5.41) is 3.51. The lowest BCUT2D eigenvalue weighted by Crippen LogP contribution is -2.19. The number of imidazole rings is 1. The zero-order valence-electron chi connectivity index (χ0n) is 12.1. The first-order chi connectivity index (χ1) is 8.70. The van der Waals surface area contributed by atoms with Crippen LogP contribution in [0.5, 0.6) is 0 Å². The fourth-order valence-electron chi connectivity index (χ4n) is 2.86. The van der Waals surface area contributed by atoms with Crippen molar-refractivity contribution in [2.75, 3.05) is 6.54 Å². The van der Waals surface area contributed by atoms with E-state index in [0.717, 1.165) is 12.5 Å². The summed E-state index contributed by atoms with van der Waals surface area (Å²) in [5.74, 6) is 2.05. The standard InChI is InChI=1S/C15H27N3/c1-4-9-16-12(2)15-11-18(13(3)17-15)10-14-7-5-6-8-14/h11-12,14,16H,4-10H2,1-3H3. The SMILES string of the molecule is CCCNC(C)c1cn(CC2CCCC2)c(C)n1. The van der Waals surface area contributed by atoms with Gasteiger partial charge in [0.05, 0.1) is 5.69 Å². The maximum atomic E-state index is 4.71. The number of hydrogen-bond donors (Lipinski definition) is 1. The minimum atomic E-state index is 0.369. The summed E-state index contributed by atoms with van der Waals surface area (Å²) in [6.45, 7) is 8.76. The molecule has 18 heavy (non-hydrogen) atoms. The second kappa shape index (κ2) is 6.37. The van der Waals surface area contributed by atoms with E-state index < -0.39 is 0 Å². The molecule has 0 radical (unpaired) electrons. The minimum absolute atomic E-state index is 0.369. The van der Waals surface area contributed by atoms with Crippen molar-refractivity contribution >= 4 is 0 Å². The molecule has 1 unspecified atom stereocenters. The summed E-state index contributed by atoms with van der Waals surface area (Å²) in [7, 11) is 0. The first kappa shape index (κ1) is 13.6. The molecular weight excluding hydrogens is 222 g/mol. The van der Waals surface area contributed by atoms with Crippen LogP contribution in [0, 0.1) is 12.8 Å². The fraction of sp³-hybridized carbons (Fsp3) is 0.800. The molecular formula is C15H27N3. The van der Waals surface area contributed by atoms with Crippen molar-refractivity contribution in [2.45, 2.75) is 65.5 Å². The quantitative estimate of drug-likeness (QED) is 0.837. The van der Waals surface area contributed by atoms with Crippen molar-refractivity contribution in [1.82, 2.24) is 14.9 Å². The van der Waals surface area contributed by atoms with Crippen LogP contribution in [0.2, 0.25) is 0 Å². The third-order valence-electron chi connectivity index (χ3n) is 4.07. The summed E-state index contributed by atoms with van der Waals surface area (Å²) in [4.78, 5) is 4.71. The van der Waals surface area contributed by atoms with E-state index in [2.05, 4.69) is 36.9 Å². The zero-order valence-corrected chi connectivity index (χ0v) is 12.1. The lowest BCUT2D eigenvalue weighted by Gasteiger charge is -2.11. The van der Waals surface area contributed by atoms with Gasteiger partial charge in [0.2, 0.25) is 0 Å². The van der Waals surface area contributed by atoms with Gasteiger partial charge in [-0.2, -0.15) is 0 Å². The number of nitrogens with one attached hydrogen (secondary N) is 1. The molecule has 0 bridgehead atoms. The first-order valence-corrected chi connectivity index (χ1v) is 7.47. The Kier molecular flexibility index (Phi) is 4.81. The zero-order chi connectivity index (χ0) is 13.0. The highest BCUT2D eigenvalue weighted by Gasteiger charge is 2.17. The van der Waals surface area contributed by atoms with Crippen LogP contribution >= 0.6 is 0 Å². The van der Waals surface area contributed by atoms with Gasteiger partial charge in [-0.1, -0.05) is 19.8 Å². The van der Waals surface area contributed by atoms with Crippen molar-refractivity contribution in [3.05, 3.63) is 17.7 Å². The normalized spacial score (nSPS) is 18.4. The number of nitrogens with zero attached hydrogens (tertiary/aromatic N) is 2. The van der Waals surface area contributed by atoms with Crippen LogP contribution < -0.4 is 5.32 Å². The topological polar surface area (TPSA) is 29.9 Å². The van der Waals surface area contributed by atoms with Crippen molar-refractivity contribution in [3.8, 4) is 0 Å². The van der Waals surface area contributed by atoms with E-state index in [1.807, 2.05) is 0 Å². The third-order valence-corrected chi connectivity index (χ3v) is 4.07. The average Bonchev–Trinajstić information content (AvgIpc) is 2.98. The molecule has 3 heteroatoms. The van der Waals surface area contributed by atoms with Gasteiger partial charge in [-0.3, -0.25) is 0 Å². The van der Waals surface area contributed by atoms with Crippen LogP contribution in [0.1, 0.15) is 63.5 Å². The summed E-state index contributed by atoms with van der Waals surface area (Å²) in [6.07, 6.45) is 9.06. The van der Waals surface area contributed by atoms with Gasteiger partial charge in [-0.25, -0.2) is 4.98 Å². The number of rotatable bonds is 6. The molecule has 0 saturated heterocycles. The Labute approximate surface area is 111 Å². The monoisotopic (exact) mass is 249 g/mol. The predicted molar refractivity (Wildman–Crippen MR) is 75.6 cm³/mol. The highest BCUT2D eigenvalue weighted by molar-refractivity contribution is 5.07. The third kappa shape index (κ3) is 3.35. The highest BCUT2D eigenvalue weighted by Crippen LogP contribution is 2.27. The van der Waals surface area contributed by atoms with Crippen molar-refractivity contribution < 1.29 is 0 Å². The number of aromatic nitrogens is 2. The summed E-state index contributed by atoms with van der Waals surface area (Å²) < 4.78 is 2.36. The smallest absolute Gasteiger partial charge is 0.105 e. The highest BCUT2D eigenvalue weighted by atomic mass is 15.1. The molecule has 1 aliphatic carbocycles. The van der Waals surface area contributed by atoms with E-state index in [-0.39, 0.29) is 0 Å². The van der Waals surface area contributed by atoms with Gasteiger partial charge in [0, 0.05) is 18.8 Å². The lowest BCUT2D eigenvalue weighted by atomic mass is 10.1. The summed E-state index contributed by atoms with van der Waals surface area (Å²) in [5.41, 5.74) is 1.19. The molecule has 1 atom stereocenters. The summed E-state index contributed by atoms with van der Waals surface area (Å²) >= 11 is 0. The molecule has 1 aromatic rings. The van der Waals surface area contributed by atoms with Crippen LogP contribution in [-0.4, -0.2) is 16.1 Å². The lowest BCUT2D eigenvalue weighted by molar-refractivity contribution is 0.450. The maximum absolute atomic E-state index is 4.71. The Hall–Kier alpha value is -0.830. The largest absolute Gasteiger partial charge is 0.335 e. The second-order valence-corrected chi connectivity index (χ2v) is 5.69. The Morgan fingerprint density at radius 3 is 2.83 bits per heavy atom. The molecule has 3 nitrogen and oxygen atoms in total. The number of aryl methyl sites for hydroxylation is 1. The van der Waals surface area contributed by atoms with Crippen molar-refractivity contribution in [1.29, 1.82) is 0 Å². The van der Waals surface area contributed by atoms with E-state index in [4.69, 9.17) is 4.98 Å². The van der Waals surface area contributed by atoms with Gasteiger partial charge in [0.15, 0.2) is 0 Å². The van der Waals surface area contributed by atoms with Gasteiger partial charge < -0.3 is 9.88 Å². The Morgan fingerprint density at radius 2 is 2.17 bits per heavy atom. The van der Waals surface area contributed by atoms with Crippen LogP contribution in [0.4, 0.5) is 0 Å². The fourth-order valence-corrected chi connectivity index (χ4v) is 2.86. The molecule has 0 aliphatic heterocycles. The van der Waals surface area contributed by atoms with Gasteiger partial charge >= 0.3 is 0 Å². The molecule has 1 fully saturated rings. The molecule has 1 N–H and O–H groups in total. The van der Waals surface area contributed by atoms with E-state index >= 15 is 0 Å². The number of hydrogen-bond acceptors (Lipinski definition) is 2. The average molecular weight is 249 g/mol. The molecule has 0 aromatic carbocycles. The first-order valence-electron chi connectivity index (χ1n) is 7.47.